The average molecular weight is 445 g/mol. The number of esters is 1. The fourth-order valence-corrected chi connectivity index (χ4v) is 4.97. The molecule has 0 unspecified atom stereocenters. The zero-order chi connectivity index (χ0) is 22.4. The fourth-order valence-electron chi connectivity index (χ4n) is 3.40. The van der Waals surface area contributed by atoms with Crippen LogP contribution in [-0.4, -0.2) is 44.3 Å². The van der Waals surface area contributed by atoms with Crippen LogP contribution in [0.3, 0.4) is 0 Å². The first kappa shape index (κ1) is 23.0. The van der Waals surface area contributed by atoms with Crippen LogP contribution in [0, 0.1) is 0 Å². The van der Waals surface area contributed by atoms with Gasteiger partial charge in [-0.2, -0.15) is 4.31 Å². The first-order chi connectivity index (χ1) is 14.8. The van der Waals surface area contributed by atoms with E-state index in [0.717, 1.165) is 24.8 Å². The zero-order valence-corrected chi connectivity index (χ0v) is 18.7. The summed E-state index contributed by atoms with van der Waals surface area (Å²) in [4.78, 5) is 24.5. The van der Waals surface area contributed by atoms with Crippen LogP contribution in [0.2, 0.25) is 0 Å². The highest BCUT2D eigenvalue weighted by Crippen LogP contribution is 2.23. The van der Waals surface area contributed by atoms with E-state index in [0.29, 0.717) is 30.3 Å². The maximum Gasteiger partial charge on any atom is 0.338 e. The number of carbonyl (C=O) groups excluding carboxylic acids is 2. The van der Waals surface area contributed by atoms with Gasteiger partial charge in [-0.05, 0) is 54.7 Å². The minimum atomic E-state index is -3.60. The molecule has 1 saturated heterocycles. The van der Waals surface area contributed by atoms with Crippen molar-refractivity contribution in [1.82, 2.24) is 4.31 Å². The predicted molar refractivity (Wildman–Crippen MR) is 118 cm³/mol. The Hall–Kier alpha value is -2.71. The summed E-state index contributed by atoms with van der Waals surface area (Å²) in [6.07, 6.45) is 2.73. The SMILES string of the molecule is CC(C)c1ccc(C(=O)OCC(=O)Nc2cccc(S(=O)(=O)N3CCCCC3)c2)cc1. The van der Waals surface area contributed by atoms with Crippen molar-refractivity contribution in [3.63, 3.8) is 0 Å². The molecular formula is C23H28N2O5S. The Morgan fingerprint density at radius 3 is 2.35 bits per heavy atom. The molecule has 3 rings (SSSR count). The molecule has 0 bridgehead atoms. The molecule has 0 atom stereocenters. The van der Waals surface area contributed by atoms with E-state index in [1.54, 1.807) is 24.3 Å². The van der Waals surface area contributed by atoms with Crippen molar-refractivity contribution in [3.8, 4) is 0 Å². The van der Waals surface area contributed by atoms with Gasteiger partial charge in [-0.25, -0.2) is 13.2 Å². The summed E-state index contributed by atoms with van der Waals surface area (Å²) in [5.41, 5.74) is 1.81. The first-order valence-electron chi connectivity index (χ1n) is 10.4. The van der Waals surface area contributed by atoms with Crippen LogP contribution in [0.15, 0.2) is 53.4 Å². The van der Waals surface area contributed by atoms with Gasteiger partial charge in [-0.3, -0.25) is 4.79 Å². The Balaban J connectivity index is 1.58. The van der Waals surface area contributed by atoms with Crippen molar-refractivity contribution in [2.24, 2.45) is 0 Å². The van der Waals surface area contributed by atoms with Crippen molar-refractivity contribution in [2.75, 3.05) is 25.0 Å². The number of nitrogens with one attached hydrogen (secondary N) is 1. The number of sulfonamides is 1. The van der Waals surface area contributed by atoms with Crippen molar-refractivity contribution >= 4 is 27.6 Å². The van der Waals surface area contributed by atoms with Gasteiger partial charge >= 0.3 is 5.97 Å². The second-order valence-corrected chi connectivity index (χ2v) is 9.83. The maximum atomic E-state index is 12.8. The van der Waals surface area contributed by atoms with E-state index < -0.39 is 28.5 Å². The van der Waals surface area contributed by atoms with Gasteiger partial charge < -0.3 is 10.1 Å². The molecule has 8 heteroatoms. The monoisotopic (exact) mass is 444 g/mol. The maximum absolute atomic E-state index is 12.8. The first-order valence-corrected chi connectivity index (χ1v) is 11.9. The minimum absolute atomic E-state index is 0.134. The number of rotatable bonds is 7. The summed E-state index contributed by atoms with van der Waals surface area (Å²) < 4.78 is 32.2. The zero-order valence-electron chi connectivity index (χ0n) is 17.8. The van der Waals surface area contributed by atoms with Gasteiger partial charge in [-0.1, -0.05) is 38.5 Å². The molecule has 166 valence electrons. The lowest BCUT2D eigenvalue weighted by atomic mass is 10.0. The van der Waals surface area contributed by atoms with E-state index in [9.17, 15) is 18.0 Å². The lowest BCUT2D eigenvalue weighted by Gasteiger charge is -2.26. The fraction of sp³-hybridized carbons (Fsp3) is 0.391. The van der Waals surface area contributed by atoms with E-state index in [-0.39, 0.29) is 4.90 Å². The van der Waals surface area contributed by atoms with E-state index in [1.165, 1.54) is 16.4 Å². The molecule has 0 aliphatic carbocycles. The molecule has 0 aromatic heterocycles. The van der Waals surface area contributed by atoms with Crippen molar-refractivity contribution in [1.29, 1.82) is 0 Å². The molecule has 0 radical (unpaired) electrons. The molecule has 0 spiro atoms. The molecule has 1 aliphatic rings. The van der Waals surface area contributed by atoms with Gasteiger partial charge in [0.05, 0.1) is 10.5 Å². The molecule has 1 aliphatic heterocycles. The Labute approximate surface area is 183 Å². The minimum Gasteiger partial charge on any atom is -0.452 e. The second kappa shape index (κ2) is 10.1. The molecule has 1 heterocycles. The topological polar surface area (TPSA) is 92.8 Å². The van der Waals surface area contributed by atoms with Crippen LogP contribution in [0.25, 0.3) is 0 Å². The molecule has 1 N–H and O–H groups in total. The quantitative estimate of drug-likeness (QED) is 0.656. The highest BCUT2D eigenvalue weighted by atomic mass is 32.2. The highest BCUT2D eigenvalue weighted by Gasteiger charge is 2.26. The lowest BCUT2D eigenvalue weighted by Crippen LogP contribution is -2.35. The number of amides is 1. The van der Waals surface area contributed by atoms with Crippen LogP contribution < -0.4 is 5.32 Å². The molecule has 2 aromatic rings. The predicted octanol–water partition coefficient (Wildman–Crippen LogP) is 3.78. The van der Waals surface area contributed by atoms with Crippen molar-refractivity contribution in [2.45, 2.75) is 43.9 Å². The van der Waals surface area contributed by atoms with Crippen LogP contribution in [-0.2, 0) is 19.6 Å². The number of benzene rings is 2. The molecule has 1 amide bonds. The van der Waals surface area contributed by atoms with E-state index >= 15 is 0 Å². The molecular weight excluding hydrogens is 416 g/mol. The normalized spacial score (nSPS) is 14.9. The number of hydrogen-bond donors (Lipinski definition) is 1. The number of ether oxygens (including phenoxy) is 1. The molecule has 0 saturated carbocycles. The van der Waals surface area contributed by atoms with Gasteiger partial charge in [0, 0.05) is 18.8 Å². The Morgan fingerprint density at radius 1 is 1.03 bits per heavy atom. The van der Waals surface area contributed by atoms with Gasteiger partial charge in [0.25, 0.3) is 5.91 Å². The number of anilines is 1. The standard InChI is InChI=1S/C23H28N2O5S/c1-17(2)18-9-11-19(12-10-18)23(27)30-16-22(26)24-20-7-6-8-21(15-20)31(28,29)25-13-4-3-5-14-25/h6-12,15,17H,3-5,13-14,16H2,1-2H3,(H,24,26). The van der Waals surface area contributed by atoms with Crippen LogP contribution in [0.4, 0.5) is 5.69 Å². The smallest absolute Gasteiger partial charge is 0.338 e. The highest BCUT2D eigenvalue weighted by molar-refractivity contribution is 7.89. The van der Waals surface area contributed by atoms with Crippen molar-refractivity contribution < 1.29 is 22.7 Å². The summed E-state index contributed by atoms with van der Waals surface area (Å²) in [5, 5.41) is 2.59. The van der Waals surface area contributed by atoms with Gasteiger partial charge in [0.1, 0.15) is 0 Å². The number of hydrogen-bond acceptors (Lipinski definition) is 5. The third-order valence-electron chi connectivity index (χ3n) is 5.22. The van der Waals surface area contributed by atoms with E-state index in [1.807, 2.05) is 12.1 Å². The lowest BCUT2D eigenvalue weighted by molar-refractivity contribution is -0.119. The Bertz CT molecular complexity index is 1030. The summed E-state index contributed by atoms with van der Waals surface area (Å²) in [7, 11) is -3.60. The van der Waals surface area contributed by atoms with E-state index in [2.05, 4.69) is 19.2 Å². The van der Waals surface area contributed by atoms with Crippen LogP contribution >= 0.6 is 0 Å². The van der Waals surface area contributed by atoms with Crippen molar-refractivity contribution in [3.05, 3.63) is 59.7 Å². The van der Waals surface area contributed by atoms with Crippen LogP contribution in [0.1, 0.15) is 54.9 Å². The number of nitrogens with zero attached hydrogens (tertiary/aromatic N) is 1. The molecule has 2 aromatic carbocycles. The second-order valence-electron chi connectivity index (χ2n) is 7.89. The number of carbonyl (C=O) groups is 2. The summed E-state index contributed by atoms with van der Waals surface area (Å²) in [5.74, 6) is -0.781. The van der Waals surface area contributed by atoms with E-state index in [4.69, 9.17) is 4.74 Å². The third kappa shape index (κ3) is 5.92. The largest absolute Gasteiger partial charge is 0.452 e. The number of piperidine rings is 1. The summed E-state index contributed by atoms with van der Waals surface area (Å²) in [6, 6.07) is 13.2. The van der Waals surface area contributed by atoms with Gasteiger partial charge in [0.2, 0.25) is 10.0 Å². The average Bonchev–Trinajstić information content (AvgIpc) is 2.78. The van der Waals surface area contributed by atoms with Gasteiger partial charge in [-0.15, -0.1) is 0 Å². The Kier molecular flexibility index (Phi) is 7.46. The molecule has 1 fully saturated rings. The molecule has 31 heavy (non-hydrogen) atoms. The summed E-state index contributed by atoms with van der Waals surface area (Å²) >= 11 is 0. The van der Waals surface area contributed by atoms with Gasteiger partial charge in [0.15, 0.2) is 6.61 Å². The molecule has 7 nitrogen and oxygen atoms in total. The Morgan fingerprint density at radius 2 is 1.71 bits per heavy atom. The van der Waals surface area contributed by atoms with Crippen LogP contribution in [0.5, 0.6) is 0 Å². The summed E-state index contributed by atoms with van der Waals surface area (Å²) in [6.45, 7) is 4.67. The third-order valence-corrected chi connectivity index (χ3v) is 7.11.